The number of carbonyl (C=O) groups excluding carboxylic acids is 3. The van der Waals surface area contributed by atoms with Crippen LogP contribution in [0.4, 0.5) is 11.4 Å². The van der Waals surface area contributed by atoms with Crippen LogP contribution in [0.15, 0.2) is 53.4 Å². The number of nitrogens with one attached hydrogen (secondary N) is 1. The van der Waals surface area contributed by atoms with E-state index < -0.39 is 5.97 Å². The third kappa shape index (κ3) is 4.05. The molecule has 1 aliphatic heterocycles. The van der Waals surface area contributed by atoms with Crippen molar-refractivity contribution < 1.29 is 19.1 Å². The number of thioether (sulfide) groups is 1. The number of esters is 1. The molecule has 2 amide bonds. The molecule has 3 rings (SSSR count). The maximum absolute atomic E-state index is 12.4. The first-order valence-corrected chi connectivity index (χ1v) is 9.16. The molecule has 1 N–H and O–H groups in total. The van der Waals surface area contributed by atoms with Crippen molar-refractivity contribution in [2.75, 3.05) is 29.1 Å². The van der Waals surface area contributed by atoms with E-state index in [1.165, 1.54) is 16.7 Å². The van der Waals surface area contributed by atoms with E-state index in [0.29, 0.717) is 17.0 Å². The number of hydrogen-bond donors (Lipinski definition) is 1. The van der Waals surface area contributed by atoms with Crippen LogP contribution in [0.3, 0.4) is 0 Å². The predicted octanol–water partition coefficient (Wildman–Crippen LogP) is 2.94. The van der Waals surface area contributed by atoms with E-state index in [1.807, 2.05) is 24.3 Å². The minimum absolute atomic E-state index is 0.0833. The molecule has 7 heteroatoms. The summed E-state index contributed by atoms with van der Waals surface area (Å²) in [6.45, 7) is 1.93. The maximum atomic E-state index is 12.4. The van der Waals surface area contributed by atoms with Gasteiger partial charge in [-0.3, -0.25) is 9.59 Å². The molecule has 2 aromatic carbocycles. The molecule has 0 saturated carbocycles. The minimum atomic E-state index is -0.444. The number of rotatable bonds is 5. The molecule has 1 heterocycles. The van der Waals surface area contributed by atoms with Gasteiger partial charge in [-0.05, 0) is 37.3 Å². The highest BCUT2D eigenvalue weighted by atomic mass is 32.2. The van der Waals surface area contributed by atoms with Crippen LogP contribution in [-0.4, -0.2) is 36.7 Å². The second-order valence-electron chi connectivity index (χ2n) is 5.59. The number of para-hydroxylation sites is 1. The normalized spacial score (nSPS) is 13.1. The van der Waals surface area contributed by atoms with Gasteiger partial charge in [0.2, 0.25) is 11.8 Å². The number of carbonyl (C=O) groups is 3. The zero-order chi connectivity index (χ0) is 18.5. The summed E-state index contributed by atoms with van der Waals surface area (Å²) in [6.07, 6.45) is 0. The first-order chi connectivity index (χ1) is 12.6. The van der Waals surface area contributed by atoms with Gasteiger partial charge < -0.3 is 15.0 Å². The predicted molar refractivity (Wildman–Crippen MR) is 101 cm³/mol. The van der Waals surface area contributed by atoms with Gasteiger partial charge in [-0.25, -0.2) is 4.79 Å². The van der Waals surface area contributed by atoms with E-state index >= 15 is 0 Å². The van der Waals surface area contributed by atoms with Gasteiger partial charge in [0.25, 0.3) is 0 Å². The number of anilines is 2. The molecule has 0 spiro atoms. The molecule has 0 bridgehead atoms. The number of nitrogens with zero attached hydrogens (tertiary/aromatic N) is 1. The molecule has 26 heavy (non-hydrogen) atoms. The van der Waals surface area contributed by atoms with Gasteiger partial charge in [0.15, 0.2) is 0 Å². The Kier molecular flexibility index (Phi) is 5.58. The van der Waals surface area contributed by atoms with Crippen LogP contribution >= 0.6 is 11.8 Å². The SMILES string of the molecule is CCOC(=O)c1cccc(NC(=O)CN2C(=O)CSc3ccccc32)c1. The van der Waals surface area contributed by atoms with Gasteiger partial charge in [0.1, 0.15) is 6.54 Å². The monoisotopic (exact) mass is 370 g/mol. The molecule has 0 saturated heterocycles. The average Bonchev–Trinajstić information content (AvgIpc) is 2.64. The Hall–Kier alpha value is -2.80. The number of amides is 2. The average molecular weight is 370 g/mol. The molecule has 0 atom stereocenters. The molecule has 0 fully saturated rings. The summed E-state index contributed by atoms with van der Waals surface area (Å²) in [6, 6.07) is 14.0. The molecular weight excluding hydrogens is 352 g/mol. The van der Waals surface area contributed by atoms with E-state index in [9.17, 15) is 14.4 Å². The standard InChI is InChI=1S/C19H18N2O4S/c1-2-25-19(24)13-6-5-7-14(10-13)20-17(22)11-21-15-8-3-4-9-16(15)26-12-18(21)23/h3-10H,2,11-12H2,1H3,(H,20,22). The molecule has 134 valence electrons. The Morgan fingerprint density at radius 2 is 2.00 bits per heavy atom. The number of hydrogen-bond acceptors (Lipinski definition) is 5. The van der Waals surface area contributed by atoms with Crippen LogP contribution in [0.25, 0.3) is 0 Å². The quantitative estimate of drug-likeness (QED) is 0.819. The van der Waals surface area contributed by atoms with Crippen molar-refractivity contribution in [1.82, 2.24) is 0 Å². The Labute approximate surface area is 155 Å². The van der Waals surface area contributed by atoms with Crippen LogP contribution < -0.4 is 10.2 Å². The second-order valence-corrected chi connectivity index (χ2v) is 6.60. The van der Waals surface area contributed by atoms with Crippen molar-refractivity contribution >= 4 is 40.9 Å². The van der Waals surface area contributed by atoms with Gasteiger partial charge >= 0.3 is 5.97 Å². The van der Waals surface area contributed by atoms with Crippen molar-refractivity contribution in [1.29, 1.82) is 0 Å². The zero-order valence-corrected chi connectivity index (χ0v) is 15.0. The maximum Gasteiger partial charge on any atom is 0.338 e. The van der Waals surface area contributed by atoms with Crippen LogP contribution in [0.2, 0.25) is 0 Å². The van der Waals surface area contributed by atoms with Crippen LogP contribution in [0.1, 0.15) is 17.3 Å². The Morgan fingerprint density at radius 3 is 2.81 bits per heavy atom. The molecular formula is C19H18N2O4S. The molecule has 1 aliphatic rings. The smallest absolute Gasteiger partial charge is 0.338 e. The Morgan fingerprint density at radius 1 is 1.19 bits per heavy atom. The highest BCUT2D eigenvalue weighted by molar-refractivity contribution is 8.00. The van der Waals surface area contributed by atoms with Crippen molar-refractivity contribution in [3.8, 4) is 0 Å². The summed E-state index contributed by atoms with van der Waals surface area (Å²) >= 11 is 1.47. The lowest BCUT2D eigenvalue weighted by molar-refractivity contribution is -0.120. The van der Waals surface area contributed by atoms with Crippen LogP contribution in [-0.2, 0) is 14.3 Å². The molecule has 0 aliphatic carbocycles. The van der Waals surface area contributed by atoms with E-state index in [4.69, 9.17) is 4.74 Å². The van der Waals surface area contributed by atoms with Crippen LogP contribution in [0, 0.1) is 0 Å². The summed E-state index contributed by atoms with van der Waals surface area (Å²) in [5, 5.41) is 2.73. The van der Waals surface area contributed by atoms with Crippen molar-refractivity contribution in [2.24, 2.45) is 0 Å². The molecule has 0 radical (unpaired) electrons. The lowest BCUT2D eigenvalue weighted by atomic mass is 10.2. The lowest BCUT2D eigenvalue weighted by Crippen LogP contribution is -2.41. The van der Waals surface area contributed by atoms with Gasteiger partial charge in [0, 0.05) is 10.6 Å². The van der Waals surface area contributed by atoms with Crippen molar-refractivity contribution in [2.45, 2.75) is 11.8 Å². The fraction of sp³-hybridized carbons (Fsp3) is 0.211. The fourth-order valence-corrected chi connectivity index (χ4v) is 3.55. The highest BCUT2D eigenvalue weighted by Crippen LogP contribution is 2.34. The summed E-state index contributed by atoms with van der Waals surface area (Å²) < 4.78 is 4.96. The minimum Gasteiger partial charge on any atom is -0.462 e. The Balaban J connectivity index is 1.71. The first kappa shape index (κ1) is 18.0. The topological polar surface area (TPSA) is 75.7 Å². The summed E-state index contributed by atoms with van der Waals surface area (Å²) in [5.41, 5.74) is 1.58. The summed E-state index contributed by atoms with van der Waals surface area (Å²) in [5.74, 6) is -0.575. The van der Waals surface area contributed by atoms with Crippen molar-refractivity contribution in [3.05, 3.63) is 54.1 Å². The number of benzene rings is 2. The molecule has 0 unspecified atom stereocenters. The van der Waals surface area contributed by atoms with E-state index in [-0.39, 0.29) is 25.0 Å². The van der Waals surface area contributed by atoms with E-state index in [0.717, 1.165) is 10.6 Å². The third-order valence-corrected chi connectivity index (χ3v) is 4.81. The fourth-order valence-electron chi connectivity index (χ4n) is 2.61. The number of fused-ring (bicyclic) bond motifs is 1. The summed E-state index contributed by atoms with van der Waals surface area (Å²) in [4.78, 5) is 38.9. The van der Waals surface area contributed by atoms with Crippen molar-refractivity contribution in [3.63, 3.8) is 0 Å². The van der Waals surface area contributed by atoms with E-state index in [2.05, 4.69) is 5.32 Å². The third-order valence-electron chi connectivity index (χ3n) is 3.77. The second kappa shape index (κ2) is 8.05. The number of ether oxygens (including phenoxy) is 1. The molecule has 2 aromatic rings. The van der Waals surface area contributed by atoms with Crippen LogP contribution in [0.5, 0.6) is 0 Å². The molecule has 6 nitrogen and oxygen atoms in total. The van der Waals surface area contributed by atoms with Gasteiger partial charge in [-0.1, -0.05) is 18.2 Å². The highest BCUT2D eigenvalue weighted by Gasteiger charge is 2.26. The van der Waals surface area contributed by atoms with E-state index in [1.54, 1.807) is 31.2 Å². The first-order valence-electron chi connectivity index (χ1n) is 8.17. The zero-order valence-electron chi connectivity index (χ0n) is 14.2. The van der Waals surface area contributed by atoms with Gasteiger partial charge in [0.05, 0.1) is 23.6 Å². The van der Waals surface area contributed by atoms with Gasteiger partial charge in [-0.2, -0.15) is 0 Å². The van der Waals surface area contributed by atoms with Gasteiger partial charge in [-0.15, -0.1) is 11.8 Å². The molecule has 0 aromatic heterocycles. The largest absolute Gasteiger partial charge is 0.462 e. The Bertz CT molecular complexity index is 853. The summed E-state index contributed by atoms with van der Waals surface area (Å²) in [7, 11) is 0. The lowest BCUT2D eigenvalue weighted by Gasteiger charge is -2.28.